The van der Waals surface area contributed by atoms with Crippen LogP contribution in [0, 0.1) is 12.7 Å². The molecule has 1 atom stereocenters. The first-order valence-electron chi connectivity index (χ1n) is 11.5. The molecule has 0 saturated carbocycles. The lowest BCUT2D eigenvalue weighted by molar-refractivity contribution is 0.144. The van der Waals surface area contributed by atoms with Crippen LogP contribution in [0.15, 0.2) is 59.8 Å². The van der Waals surface area contributed by atoms with Gasteiger partial charge >= 0.3 is 0 Å². The summed E-state index contributed by atoms with van der Waals surface area (Å²) in [6, 6.07) is 11.5. The van der Waals surface area contributed by atoms with Crippen LogP contribution in [0.1, 0.15) is 29.6 Å². The second kappa shape index (κ2) is 9.43. The van der Waals surface area contributed by atoms with Crippen LogP contribution in [-0.4, -0.2) is 37.4 Å². The second-order valence-electron chi connectivity index (χ2n) is 8.63. The number of aliphatic hydroxyl groups excluding tert-OH is 1. The SMILES string of the molecule is COc1cc(/C=C2\OC(C)Cn3c2nc(=O)c(CO)c3-c2ccc(F)cc2)ccc1-n1cnc(C)c1. The number of aliphatic hydroxyl groups is 1. The maximum atomic E-state index is 13.6. The molecule has 0 spiro atoms. The van der Waals surface area contributed by atoms with E-state index in [4.69, 9.17) is 9.47 Å². The molecule has 1 aliphatic heterocycles. The molecule has 1 unspecified atom stereocenters. The molecule has 36 heavy (non-hydrogen) atoms. The van der Waals surface area contributed by atoms with E-state index in [1.807, 2.05) is 47.4 Å². The lowest BCUT2D eigenvalue weighted by atomic mass is 10.0. The van der Waals surface area contributed by atoms with E-state index in [-0.39, 0.29) is 17.5 Å². The average molecular weight is 489 g/mol. The van der Waals surface area contributed by atoms with E-state index in [9.17, 15) is 14.3 Å². The molecule has 0 bridgehead atoms. The smallest absolute Gasteiger partial charge is 0.279 e. The zero-order valence-corrected chi connectivity index (χ0v) is 20.1. The lowest BCUT2D eigenvalue weighted by Crippen LogP contribution is -2.32. The van der Waals surface area contributed by atoms with Gasteiger partial charge in [-0.15, -0.1) is 0 Å². The largest absolute Gasteiger partial charge is 0.495 e. The minimum Gasteiger partial charge on any atom is -0.495 e. The van der Waals surface area contributed by atoms with Crippen LogP contribution in [0.2, 0.25) is 0 Å². The van der Waals surface area contributed by atoms with Gasteiger partial charge in [-0.1, -0.05) is 6.07 Å². The van der Waals surface area contributed by atoms with Gasteiger partial charge in [-0.2, -0.15) is 4.98 Å². The fourth-order valence-electron chi connectivity index (χ4n) is 4.40. The fraction of sp³-hybridized carbons (Fsp3) is 0.222. The molecule has 0 saturated heterocycles. The molecule has 5 rings (SSSR count). The predicted molar refractivity (Wildman–Crippen MR) is 133 cm³/mol. The highest BCUT2D eigenvalue weighted by molar-refractivity contribution is 5.78. The van der Waals surface area contributed by atoms with Crippen molar-refractivity contribution in [3.8, 4) is 22.7 Å². The van der Waals surface area contributed by atoms with Crippen LogP contribution in [0.25, 0.3) is 28.8 Å². The summed E-state index contributed by atoms with van der Waals surface area (Å²) >= 11 is 0. The van der Waals surface area contributed by atoms with E-state index in [2.05, 4.69) is 9.97 Å². The molecular formula is C27H25FN4O4. The minimum atomic E-state index is -0.560. The summed E-state index contributed by atoms with van der Waals surface area (Å²) in [5, 5.41) is 9.97. The van der Waals surface area contributed by atoms with Crippen LogP contribution in [0.4, 0.5) is 4.39 Å². The van der Waals surface area contributed by atoms with Crippen LogP contribution < -0.4 is 10.3 Å². The zero-order chi connectivity index (χ0) is 25.4. The van der Waals surface area contributed by atoms with Gasteiger partial charge < -0.3 is 23.7 Å². The standard InChI is InChI=1S/C27H25FN4O4/c1-16-12-31(15-29-16)22-9-4-18(10-23(22)35-3)11-24-26-30-27(34)21(14-33)25(32(26)13-17(2)36-24)19-5-7-20(28)8-6-19/h4-12,15,17,33H,13-14H2,1-3H3/b24-11-. The van der Waals surface area contributed by atoms with Gasteiger partial charge in [-0.25, -0.2) is 9.37 Å². The number of imidazole rings is 1. The number of aromatic nitrogens is 4. The summed E-state index contributed by atoms with van der Waals surface area (Å²) in [6.07, 6.45) is 5.19. The lowest BCUT2D eigenvalue weighted by Gasteiger charge is -2.30. The number of rotatable bonds is 5. The van der Waals surface area contributed by atoms with Gasteiger partial charge in [0.15, 0.2) is 11.6 Å². The number of halogens is 1. The number of aryl methyl sites for hydroxylation is 1. The quantitative estimate of drug-likeness (QED) is 0.457. The monoisotopic (exact) mass is 488 g/mol. The molecule has 4 aromatic rings. The van der Waals surface area contributed by atoms with E-state index in [0.717, 1.165) is 16.9 Å². The highest BCUT2D eigenvalue weighted by Crippen LogP contribution is 2.33. The van der Waals surface area contributed by atoms with Crippen molar-refractivity contribution < 1.29 is 19.0 Å². The summed E-state index contributed by atoms with van der Waals surface area (Å²) in [5.41, 5.74) is 3.20. The molecule has 0 radical (unpaired) electrons. The van der Waals surface area contributed by atoms with Crippen molar-refractivity contribution >= 4 is 11.8 Å². The summed E-state index contributed by atoms with van der Waals surface area (Å²) in [4.78, 5) is 21.4. The Morgan fingerprint density at radius 1 is 1.25 bits per heavy atom. The number of hydrogen-bond acceptors (Lipinski definition) is 6. The molecule has 9 heteroatoms. The van der Waals surface area contributed by atoms with Crippen molar-refractivity contribution in [1.82, 2.24) is 19.1 Å². The molecule has 3 heterocycles. The van der Waals surface area contributed by atoms with E-state index in [1.54, 1.807) is 31.6 Å². The molecule has 0 amide bonds. The Morgan fingerprint density at radius 2 is 2.03 bits per heavy atom. The number of ether oxygens (including phenoxy) is 2. The Balaban J connectivity index is 1.65. The Labute approximate surface area is 206 Å². The van der Waals surface area contributed by atoms with Crippen LogP contribution in [-0.2, 0) is 17.9 Å². The number of fused-ring (bicyclic) bond motifs is 1. The fourth-order valence-corrected chi connectivity index (χ4v) is 4.40. The topological polar surface area (TPSA) is 91.4 Å². The number of methoxy groups -OCH3 is 1. The van der Waals surface area contributed by atoms with Gasteiger partial charge in [0.1, 0.15) is 17.7 Å². The van der Waals surface area contributed by atoms with Gasteiger partial charge in [0.2, 0.25) is 0 Å². The summed E-state index contributed by atoms with van der Waals surface area (Å²) < 4.78 is 29.0. The molecule has 2 aromatic heterocycles. The number of nitrogens with zero attached hydrogens (tertiary/aromatic N) is 4. The Morgan fingerprint density at radius 3 is 2.69 bits per heavy atom. The molecule has 184 valence electrons. The maximum Gasteiger partial charge on any atom is 0.279 e. The van der Waals surface area contributed by atoms with E-state index >= 15 is 0 Å². The predicted octanol–water partition coefficient (Wildman–Crippen LogP) is 3.96. The molecule has 8 nitrogen and oxygen atoms in total. The van der Waals surface area contributed by atoms with E-state index in [1.165, 1.54) is 12.1 Å². The van der Waals surface area contributed by atoms with Crippen molar-refractivity contribution in [2.45, 2.75) is 33.1 Å². The first-order valence-corrected chi connectivity index (χ1v) is 11.5. The molecule has 1 aliphatic rings. The third kappa shape index (κ3) is 4.29. The number of hydrogen-bond donors (Lipinski definition) is 1. The van der Waals surface area contributed by atoms with Gasteiger partial charge in [0.05, 0.1) is 49.2 Å². The average Bonchev–Trinajstić information content (AvgIpc) is 3.30. The summed E-state index contributed by atoms with van der Waals surface area (Å²) in [5.74, 6) is 0.994. The molecular weight excluding hydrogens is 463 g/mol. The van der Waals surface area contributed by atoms with Crippen LogP contribution >= 0.6 is 0 Å². The Bertz CT molecular complexity index is 1520. The van der Waals surface area contributed by atoms with Crippen molar-refractivity contribution in [2.75, 3.05) is 7.11 Å². The molecule has 2 aromatic carbocycles. The van der Waals surface area contributed by atoms with Crippen molar-refractivity contribution in [1.29, 1.82) is 0 Å². The van der Waals surface area contributed by atoms with Crippen molar-refractivity contribution in [3.63, 3.8) is 0 Å². The van der Waals surface area contributed by atoms with E-state index in [0.29, 0.717) is 35.1 Å². The molecule has 1 N–H and O–H groups in total. The zero-order valence-electron chi connectivity index (χ0n) is 20.1. The van der Waals surface area contributed by atoms with Crippen LogP contribution in [0.5, 0.6) is 5.75 Å². The summed E-state index contributed by atoms with van der Waals surface area (Å²) in [7, 11) is 1.60. The Kier molecular flexibility index (Phi) is 6.15. The van der Waals surface area contributed by atoms with Gasteiger partial charge in [-0.3, -0.25) is 4.79 Å². The van der Waals surface area contributed by atoms with E-state index < -0.39 is 12.2 Å². The Hall–Kier alpha value is -4.24. The highest BCUT2D eigenvalue weighted by Gasteiger charge is 2.27. The first kappa shape index (κ1) is 23.5. The van der Waals surface area contributed by atoms with Crippen LogP contribution in [0.3, 0.4) is 0 Å². The van der Waals surface area contributed by atoms with Gasteiger partial charge in [0.25, 0.3) is 5.56 Å². The summed E-state index contributed by atoms with van der Waals surface area (Å²) in [6.45, 7) is 3.74. The minimum absolute atomic E-state index is 0.153. The third-order valence-corrected chi connectivity index (χ3v) is 6.03. The maximum absolute atomic E-state index is 13.6. The van der Waals surface area contributed by atoms with Gasteiger partial charge in [0, 0.05) is 6.20 Å². The number of benzene rings is 2. The highest BCUT2D eigenvalue weighted by atomic mass is 19.1. The van der Waals surface area contributed by atoms with Crippen molar-refractivity contribution in [3.05, 3.63) is 93.8 Å². The molecule has 0 aliphatic carbocycles. The first-order chi connectivity index (χ1) is 17.4. The molecule has 0 fully saturated rings. The van der Waals surface area contributed by atoms with Gasteiger partial charge in [-0.05, 0) is 67.4 Å². The second-order valence-corrected chi connectivity index (χ2v) is 8.63. The normalized spacial score (nSPS) is 16.0. The van der Waals surface area contributed by atoms with Crippen molar-refractivity contribution in [2.24, 2.45) is 0 Å². The third-order valence-electron chi connectivity index (χ3n) is 6.03.